The summed E-state index contributed by atoms with van der Waals surface area (Å²) < 4.78 is 10.7. The Morgan fingerprint density at radius 1 is 1.12 bits per heavy atom. The zero-order valence-electron chi connectivity index (χ0n) is 17.7. The van der Waals surface area contributed by atoms with Gasteiger partial charge in [0.1, 0.15) is 5.54 Å². The molecule has 4 heterocycles. The highest BCUT2D eigenvalue weighted by molar-refractivity contribution is 6.31. The summed E-state index contributed by atoms with van der Waals surface area (Å²) >= 11 is 6.22. The van der Waals surface area contributed by atoms with Gasteiger partial charge in [-0.05, 0) is 35.9 Å². The first-order valence-electron chi connectivity index (χ1n) is 10.7. The summed E-state index contributed by atoms with van der Waals surface area (Å²) in [7, 11) is 0. The molecule has 4 amide bonds. The summed E-state index contributed by atoms with van der Waals surface area (Å²) in [6, 6.07) is 9.25. The van der Waals surface area contributed by atoms with Crippen LogP contribution in [0.1, 0.15) is 17.5 Å². The van der Waals surface area contributed by atoms with Gasteiger partial charge in [0.05, 0.1) is 18.4 Å². The van der Waals surface area contributed by atoms with Crippen LogP contribution in [0, 0.1) is 11.8 Å². The number of primary amides is 1. The number of hydrogen-bond donors (Lipinski definition) is 3. The minimum Gasteiger partial charge on any atom is -0.454 e. The molecular weight excluding hydrogens is 464 g/mol. The van der Waals surface area contributed by atoms with Gasteiger partial charge in [0.25, 0.3) is 0 Å². The average molecular weight is 483 g/mol. The fourth-order valence-electron chi connectivity index (χ4n) is 5.60. The smallest absolute Gasteiger partial charge is 0.250 e. The highest BCUT2D eigenvalue weighted by Gasteiger charge is 2.70. The van der Waals surface area contributed by atoms with Crippen molar-refractivity contribution >= 4 is 40.9 Å². The Labute approximate surface area is 198 Å². The van der Waals surface area contributed by atoms with Gasteiger partial charge in [0.15, 0.2) is 11.5 Å². The summed E-state index contributed by atoms with van der Waals surface area (Å²) in [5.74, 6) is -2.98. The summed E-state index contributed by atoms with van der Waals surface area (Å²) in [5.41, 5.74) is 5.54. The Bertz CT molecular complexity index is 1300. The van der Waals surface area contributed by atoms with Crippen LogP contribution in [0.3, 0.4) is 0 Å². The van der Waals surface area contributed by atoms with Crippen LogP contribution in [-0.4, -0.2) is 41.4 Å². The number of nitrogens with zero attached hydrogens (tertiary/aromatic N) is 1. The molecule has 1 spiro atoms. The molecule has 10 nitrogen and oxygen atoms in total. The SMILES string of the molecule is NC(=O)C[C@H]1N[C@]2(C(=O)Nc3ccc(Cl)cc32)[C@@H]2C(=O)N(Cc3ccc4c(c3)OCO4)C(=O)[C@H]21. The number of amides is 4. The molecule has 0 aromatic heterocycles. The van der Waals surface area contributed by atoms with E-state index in [-0.39, 0.29) is 19.8 Å². The van der Waals surface area contributed by atoms with Crippen molar-refractivity contribution in [1.29, 1.82) is 0 Å². The van der Waals surface area contributed by atoms with Crippen LogP contribution in [0.15, 0.2) is 36.4 Å². The number of nitrogens with one attached hydrogen (secondary N) is 2. The molecule has 2 saturated heterocycles. The van der Waals surface area contributed by atoms with Crippen molar-refractivity contribution in [2.75, 3.05) is 12.1 Å². The van der Waals surface area contributed by atoms with Gasteiger partial charge in [0.2, 0.25) is 30.4 Å². The maximum atomic E-state index is 13.7. The van der Waals surface area contributed by atoms with Crippen LogP contribution < -0.4 is 25.8 Å². The van der Waals surface area contributed by atoms with E-state index >= 15 is 0 Å². The standard InChI is InChI=1S/C23H19ClN4O6/c24-11-2-3-13-12(6-11)23(22(32)26-13)19-18(14(27-23)7-17(25)29)20(30)28(21(19)31)8-10-1-4-15-16(5-10)34-9-33-15/h1-6,14,18-19,27H,7-9H2,(H2,25,29)(H,26,32)/t14-,18+,19+,23+/m1/s1. The van der Waals surface area contributed by atoms with Crippen LogP contribution >= 0.6 is 11.6 Å². The molecule has 0 unspecified atom stereocenters. The van der Waals surface area contributed by atoms with Gasteiger partial charge in [-0.3, -0.25) is 29.4 Å². The Kier molecular flexibility index (Phi) is 4.42. The second-order valence-electron chi connectivity index (χ2n) is 8.83. The van der Waals surface area contributed by atoms with Crippen LogP contribution in [0.25, 0.3) is 0 Å². The summed E-state index contributed by atoms with van der Waals surface area (Å²) in [6.45, 7) is 0.0925. The van der Waals surface area contributed by atoms with E-state index in [1.165, 1.54) is 0 Å². The number of halogens is 1. The number of benzene rings is 2. The molecule has 4 N–H and O–H groups in total. The lowest BCUT2D eigenvalue weighted by Crippen LogP contribution is -2.53. The molecule has 4 atom stereocenters. The third kappa shape index (κ3) is 2.78. The van der Waals surface area contributed by atoms with Crippen LogP contribution in [-0.2, 0) is 31.3 Å². The van der Waals surface area contributed by atoms with Crippen LogP contribution in [0.4, 0.5) is 5.69 Å². The average Bonchev–Trinajstić information content (AvgIpc) is 3.51. The molecule has 0 aliphatic carbocycles. The van der Waals surface area contributed by atoms with E-state index in [9.17, 15) is 19.2 Å². The molecule has 4 aliphatic rings. The second-order valence-corrected chi connectivity index (χ2v) is 9.26. The summed E-state index contributed by atoms with van der Waals surface area (Å²) in [6.07, 6.45) is -0.205. The largest absolute Gasteiger partial charge is 0.454 e. The second kappa shape index (κ2) is 7.18. The van der Waals surface area contributed by atoms with Gasteiger partial charge in [-0.2, -0.15) is 0 Å². The van der Waals surface area contributed by atoms with E-state index in [0.717, 1.165) is 4.90 Å². The molecule has 6 rings (SSSR count). The zero-order valence-corrected chi connectivity index (χ0v) is 18.4. The number of imide groups is 1. The van der Waals surface area contributed by atoms with E-state index in [2.05, 4.69) is 10.6 Å². The number of ether oxygens (including phenoxy) is 2. The number of rotatable bonds is 4. The van der Waals surface area contributed by atoms with Crippen molar-refractivity contribution in [3.8, 4) is 11.5 Å². The highest BCUT2D eigenvalue weighted by atomic mass is 35.5. The maximum Gasteiger partial charge on any atom is 0.250 e. The van der Waals surface area contributed by atoms with E-state index in [4.69, 9.17) is 26.8 Å². The highest BCUT2D eigenvalue weighted by Crippen LogP contribution is 2.54. The number of fused-ring (bicyclic) bond motifs is 5. The van der Waals surface area contributed by atoms with Gasteiger partial charge >= 0.3 is 0 Å². The number of nitrogens with two attached hydrogens (primary N) is 1. The quantitative estimate of drug-likeness (QED) is 0.549. The molecule has 2 aromatic rings. The van der Waals surface area contributed by atoms with Crippen molar-refractivity contribution < 1.29 is 28.7 Å². The lowest BCUT2D eigenvalue weighted by molar-refractivity contribution is -0.143. The normalized spacial score (nSPS) is 28.4. The number of hydrogen-bond acceptors (Lipinski definition) is 7. The predicted molar refractivity (Wildman–Crippen MR) is 118 cm³/mol. The molecule has 0 radical (unpaired) electrons. The summed E-state index contributed by atoms with van der Waals surface area (Å²) in [5, 5.41) is 6.29. The van der Waals surface area contributed by atoms with Crippen LogP contribution in [0.2, 0.25) is 5.02 Å². The Balaban J connectivity index is 1.42. The van der Waals surface area contributed by atoms with Gasteiger partial charge in [-0.1, -0.05) is 17.7 Å². The molecule has 11 heteroatoms. The minimum absolute atomic E-state index is 0.00923. The lowest BCUT2D eigenvalue weighted by Gasteiger charge is -2.29. The van der Waals surface area contributed by atoms with Crippen molar-refractivity contribution in [3.63, 3.8) is 0 Å². The molecule has 0 saturated carbocycles. The first-order chi connectivity index (χ1) is 16.3. The van der Waals surface area contributed by atoms with Gasteiger partial charge in [-0.15, -0.1) is 0 Å². The fourth-order valence-corrected chi connectivity index (χ4v) is 5.78. The van der Waals surface area contributed by atoms with Crippen LogP contribution in [0.5, 0.6) is 11.5 Å². The number of carbonyl (C=O) groups is 4. The van der Waals surface area contributed by atoms with Gasteiger partial charge in [0, 0.05) is 28.7 Å². The van der Waals surface area contributed by atoms with E-state index in [1.54, 1.807) is 36.4 Å². The van der Waals surface area contributed by atoms with Crippen molar-refractivity contribution in [1.82, 2.24) is 10.2 Å². The van der Waals surface area contributed by atoms with Gasteiger partial charge < -0.3 is 20.5 Å². The molecule has 0 bridgehead atoms. The Morgan fingerprint density at radius 2 is 1.91 bits per heavy atom. The predicted octanol–water partition coefficient (Wildman–Crippen LogP) is 0.865. The topological polar surface area (TPSA) is 140 Å². The van der Waals surface area contributed by atoms with E-state index in [0.29, 0.717) is 33.3 Å². The molecule has 2 aromatic carbocycles. The summed E-state index contributed by atoms with van der Waals surface area (Å²) in [4.78, 5) is 53.6. The molecule has 174 valence electrons. The first kappa shape index (κ1) is 20.9. The van der Waals surface area contributed by atoms with Crippen molar-refractivity contribution in [2.24, 2.45) is 17.6 Å². The molecule has 2 fully saturated rings. The maximum absolute atomic E-state index is 13.7. The van der Waals surface area contributed by atoms with Crippen molar-refractivity contribution in [3.05, 3.63) is 52.5 Å². The molecular formula is C23H19ClN4O6. The number of likely N-dealkylation sites (tertiary alicyclic amines) is 1. The van der Waals surface area contributed by atoms with Gasteiger partial charge in [-0.25, -0.2) is 0 Å². The zero-order chi connectivity index (χ0) is 23.8. The Hall–Kier alpha value is -3.63. The number of anilines is 1. The first-order valence-corrected chi connectivity index (χ1v) is 11.1. The number of carbonyl (C=O) groups excluding carboxylic acids is 4. The molecule has 4 aliphatic heterocycles. The van der Waals surface area contributed by atoms with E-state index in [1.807, 2.05) is 0 Å². The third-order valence-corrected chi connectivity index (χ3v) is 7.20. The van der Waals surface area contributed by atoms with E-state index < -0.39 is 47.0 Å². The monoisotopic (exact) mass is 482 g/mol. The lowest BCUT2D eigenvalue weighted by atomic mass is 9.76. The Morgan fingerprint density at radius 3 is 2.71 bits per heavy atom. The minimum atomic E-state index is -1.54. The third-order valence-electron chi connectivity index (χ3n) is 6.97. The van der Waals surface area contributed by atoms with Crippen molar-refractivity contribution in [2.45, 2.75) is 24.5 Å². The molecule has 34 heavy (non-hydrogen) atoms. The fraction of sp³-hybridized carbons (Fsp3) is 0.304.